The van der Waals surface area contributed by atoms with Crippen molar-refractivity contribution in [3.05, 3.63) is 53.1 Å². The van der Waals surface area contributed by atoms with Crippen LogP contribution in [0.2, 0.25) is 0 Å². The van der Waals surface area contributed by atoms with Gasteiger partial charge < -0.3 is 11.1 Å². The number of aryl methyl sites for hydroxylation is 2. The van der Waals surface area contributed by atoms with Crippen molar-refractivity contribution in [2.75, 3.05) is 11.9 Å². The van der Waals surface area contributed by atoms with E-state index in [1.165, 1.54) is 6.20 Å². The van der Waals surface area contributed by atoms with Gasteiger partial charge >= 0.3 is 0 Å². The van der Waals surface area contributed by atoms with Crippen LogP contribution in [-0.2, 0) is 0 Å². The van der Waals surface area contributed by atoms with Crippen LogP contribution >= 0.6 is 0 Å². The molecule has 2 aromatic heterocycles. The van der Waals surface area contributed by atoms with E-state index in [4.69, 9.17) is 5.73 Å². The van der Waals surface area contributed by atoms with Gasteiger partial charge in [-0.25, -0.2) is 0 Å². The molecule has 21 heavy (non-hydrogen) atoms. The molecule has 5 nitrogen and oxygen atoms in total. The molecule has 0 unspecified atom stereocenters. The first kappa shape index (κ1) is 14.7. The number of amides is 1. The first-order valence-electron chi connectivity index (χ1n) is 6.49. The lowest BCUT2D eigenvalue weighted by molar-refractivity contribution is 0.102. The number of aromatic nitrogens is 2. The van der Waals surface area contributed by atoms with E-state index in [2.05, 4.69) is 27.1 Å². The number of carbonyl (C=O) groups excluding carboxylic acids is 1. The van der Waals surface area contributed by atoms with Crippen LogP contribution in [0.4, 0.5) is 5.69 Å². The van der Waals surface area contributed by atoms with Gasteiger partial charge in [-0.15, -0.1) is 0 Å². The van der Waals surface area contributed by atoms with Crippen molar-refractivity contribution in [2.24, 2.45) is 5.73 Å². The molecular formula is C16H16N4O. The first-order valence-corrected chi connectivity index (χ1v) is 6.49. The van der Waals surface area contributed by atoms with Crippen molar-refractivity contribution in [3.8, 4) is 11.8 Å². The van der Waals surface area contributed by atoms with Gasteiger partial charge in [-0.1, -0.05) is 11.8 Å². The standard InChI is InChI=1S/C16H16N4O/c1-11-5-6-15(12(2)19-11)20-16(21)14-8-13(4-3-7-17)9-18-10-14/h5-6,8-10H,7,17H2,1-2H3,(H,20,21). The summed E-state index contributed by atoms with van der Waals surface area (Å²) >= 11 is 0. The number of anilines is 1. The number of nitrogens with one attached hydrogen (secondary N) is 1. The van der Waals surface area contributed by atoms with Gasteiger partial charge in [0.05, 0.1) is 23.5 Å². The zero-order valence-corrected chi connectivity index (χ0v) is 12.0. The minimum Gasteiger partial charge on any atom is -0.320 e. The zero-order valence-electron chi connectivity index (χ0n) is 12.0. The van der Waals surface area contributed by atoms with E-state index < -0.39 is 0 Å². The zero-order chi connectivity index (χ0) is 15.2. The molecule has 0 radical (unpaired) electrons. The highest BCUT2D eigenvalue weighted by Crippen LogP contribution is 2.14. The fourth-order valence-corrected chi connectivity index (χ4v) is 1.80. The minimum absolute atomic E-state index is 0.243. The monoisotopic (exact) mass is 280 g/mol. The lowest BCUT2D eigenvalue weighted by atomic mass is 10.2. The second-order valence-electron chi connectivity index (χ2n) is 4.51. The highest BCUT2D eigenvalue weighted by Gasteiger charge is 2.09. The number of hydrogen-bond donors (Lipinski definition) is 2. The maximum Gasteiger partial charge on any atom is 0.257 e. The molecule has 0 aromatic carbocycles. The van der Waals surface area contributed by atoms with Crippen LogP contribution < -0.4 is 11.1 Å². The number of nitrogens with two attached hydrogens (primary N) is 1. The predicted octanol–water partition coefficient (Wildman–Crippen LogP) is 1.66. The molecule has 2 heterocycles. The fraction of sp³-hybridized carbons (Fsp3) is 0.188. The average molecular weight is 280 g/mol. The Morgan fingerprint density at radius 3 is 2.86 bits per heavy atom. The number of rotatable bonds is 2. The molecular weight excluding hydrogens is 264 g/mol. The van der Waals surface area contributed by atoms with Crippen molar-refractivity contribution in [1.29, 1.82) is 0 Å². The maximum absolute atomic E-state index is 12.2. The normalized spacial score (nSPS) is 9.67. The van der Waals surface area contributed by atoms with E-state index in [0.717, 1.165) is 11.4 Å². The second kappa shape index (κ2) is 6.64. The Labute approximate surface area is 123 Å². The van der Waals surface area contributed by atoms with Crippen molar-refractivity contribution < 1.29 is 4.79 Å². The molecule has 2 rings (SSSR count). The third-order valence-electron chi connectivity index (χ3n) is 2.81. The molecule has 0 spiro atoms. The number of carbonyl (C=O) groups is 1. The van der Waals surface area contributed by atoms with E-state index in [-0.39, 0.29) is 12.5 Å². The van der Waals surface area contributed by atoms with Crippen LogP contribution in [0.5, 0.6) is 0 Å². The summed E-state index contributed by atoms with van der Waals surface area (Å²) < 4.78 is 0. The van der Waals surface area contributed by atoms with Gasteiger partial charge in [0, 0.05) is 23.7 Å². The van der Waals surface area contributed by atoms with Gasteiger partial charge in [-0.2, -0.15) is 0 Å². The summed E-state index contributed by atoms with van der Waals surface area (Å²) in [6.45, 7) is 4.02. The second-order valence-corrected chi connectivity index (χ2v) is 4.51. The Hall–Kier alpha value is -2.71. The topological polar surface area (TPSA) is 80.9 Å². The van der Waals surface area contributed by atoms with Crippen LogP contribution in [0.3, 0.4) is 0 Å². The van der Waals surface area contributed by atoms with Crippen molar-refractivity contribution in [2.45, 2.75) is 13.8 Å². The van der Waals surface area contributed by atoms with E-state index in [1.54, 1.807) is 12.3 Å². The van der Waals surface area contributed by atoms with Crippen LogP contribution in [0.1, 0.15) is 27.3 Å². The molecule has 5 heteroatoms. The minimum atomic E-state index is -0.243. The van der Waals surface area contributed by atoms with Gasteiger partial charge in [0.1, 0.15) is 0 Å². The lowest BCUT2D eigenvalue weighted by Gasteiger charge is -2.08. The van der Waals surface area contributed by atoms with Gasteiger partial charge in [0.15, 0.2) is 0 Å². The number of pyridine rings is 2. The average Bonchev–Trinajstić information content (AvgIpc) is 2.48. The van der Waals surface area contributed by atoms with Crippen molar-refractivity contribution in [1.82, 2.24) is 9.97 Å². The fourth-order valence-electron chi connectivity index (χ4n) is 1.80. The molecule has 0 saturated carbocycles. The van der Waals surface area contributed by atoms with E-state index >= 15 is 0 Å². The third-order valence-corrected chi connectivity index (χ3v) is 2.81. The van der Waals surface area contributed by atoms with Crippen molar-refractivity contribution >= 4 is 11.6 Å². The van der Waals surface area contributed by atoms with Gasteiger partial charge in [-0.05, 0) is 32.0 Å². The van der Waals surface area contributed by atoms with Crippen molar-refractivity contribution in [3.63, 3.8) is 0 Å². The van der Waals surface area contributed by atoms with E-state index in [0.29, 0.717) is 16.8 Å². The van der Waals surface area contributed by atoms with E-state index in [9.17, 15) is 4.79 Å². The molecule has 0 bridgehead atoms. The molecule has 0 aliphatic carbocycles. The highest BCUT2D eigenvalue weighted by molar-refractivity contribution is 6.04. The molecule has 3 N–H and O–H groups in total. The Balaban J connectivity index is 2.20. The van der Waals surface area contributed by atoms with E-state index in [1.807, 2.05) is 26.0 Å². The Bertz CT molecular complexity index is 729. The molecule has 0 aliphatic heterocycles. The SMILES string of the molecule is Cc1ccc(NC(=O)c2cncc(C#CCN)c2)c(C)n1. The number of nitrogens with zero attached hydrogens (tertiary/aromatic N) is 2. The first-order chi connectivity index (χ1) is 10.1. The number of hydrogen-bond acceptors (Lipinski definition) is 4. The Kier molecular flexibility index (Phi) is 4.64. The predicted molar refractivity (Wildman–Crippen MR) is 81.8 cm³/mol. The summed E-state index contributed by atoms with van der Waals surface area (Å²) in [6, 6.07) is 5.37. The Morgan fingerprint density at radius 1 is 1.33 bits per heavy atom. The van der Waals surface area contributed by atoms with Gasteiger partial charge in [0.25, 0.3) is 5.91 Å². The molecule has 0 atom stereocenters. The van der Waals surface area contributed by atoms with Crippen LogP contribution in [0.15, 0.2) is 30.6 Å². The van der Waals surface area contributed by atoms with Gasteiger partial charge in [-0.3, -0.25) is 14.8 Å². The van der Waals surface area contributed by atoms with Gasteiger partial charge in [0.2, 0.25) is 0 Å². The third kappa shape index (κ3) is 3.88. The quantitative estimate of drug-likeness (QED) is 0.820. The smallest absolute Gasteiger partial charge is 0.257 e. The molecule has 0 aliphatic rings. The summed E-state index contributed by atoms with van der Waals surface area (Å²) in [6.07, 6.45) is 3.10. The maximum atomic E-state index is 12.2. The summed E-state index contributed by atoms with van der Waals surface area (Å²) in [5, 5.41) is 2.82. The lowest BCUT2D eigenvalue weighted by Crippen LogP contribution is -2.13. The molecule has 106 valence electrons. The van der Waals surface area contributed by atoms with Crippen LogP contribution in [0.25, 0.3) is 0 Å². The largest absolute Gasteiger partial charge is 0.320 e. The molecule has 1 amide bonds. The summed E-state index contributed by atoms with van der Waals surface area (Å²) in [5.41, 5.74) is 8.79. The molecule has 2 aromatic rings. The summed E-state index contributed by atoms with van der Waals surface area (Å²) in [5.74, 6) is 5.34. The molecule has 0 fully saturated rings. The highest BCUT2D eigenvalue weighted by atomic mass is 16.1. The Morgan fingerprint density at radius 2 is 2.14 bits per heavy atom. The summed E-state index contributed by atoms with van der Waals surface area (Å²) in [7, 11) is 0. The molecule has 0 saturated heterocycles. The van der Waals surface area contributed by atoms with Crippen LogP contribution in [-0.4, -0.2) is 22.4 Å². The summed E-state index contributed by atoms with van der Waals surface area (Å²) in [4.78, 5) is 20.6. The van der Waals surface area contributed by atoms with Crippen LogP contribution in [0, 0.1) is 25.7 Å².